The van der Waals surface area contributed by atoms with Gasteiger partial charge in [-0.15, -0.1) is 0 Å². The molecule has 6 heteroatoms. The zero-order valence-electron chi connectivity index (χ0n) is 11.8. The molecule has 114 valence electrons. The van der Waals surface area contributed by atoms with Gasteiger partial charge in [-0.1, -0.05) is 41.4 Å². The highest BCUT2D eigenvalue weighted by Crippen LogP contribution is 2.21. The predicted octanol–water partition coefficient (Wildman–Crippen LogP) is 3.81. The zero-order valence-corrected chi connectivity index (χ0v) is 13.3. The smallest absolute Gasteiger partial charge is 0.340 e. The monoisotopic (exact) mass is 337 g/mol. The summed E-state index contributed by atoms with van der Waals surface area (Å²) in [6.45, 7) is -0.372. The minimum absolute atomic E-state index is 0.168. The maximum atomic E-state index is 12.0. The molecule has 0 radical (unpaired) electrons. The van der Waals surface area contributed by atoms with E-state index in [1.807, 2.05) is 18.2 Å². The molecule has 1 amide bonds. The van der Waals surface area contributed by atoms with Gasteiger partial charge < -0.3 is 9.64 Å². The topological polar surface area (TPSA) is 46.6 Å². The van der Waals surface area contributed by atoms with Crippen molar-refractivity contribution in [3.63, 3.8) is 0 Å². The van der Waals surface area contributed by atoms with Gasteiger partial charge in [-0.2, -0.15) is 0 Å². The van der Waals surface area contributed by atoms with E-state index in [0.29, 0.717) is 10.7 Å². The van der Waals surface area contributed by atoms with Crippen LogP contribution < -0.4 is 4.90 Å². The van der Waals surface area contributed by atoms with Crippen molar-refractivity contribution < 1.29 is 14.3 Å². The number of rotatable bonds is 4. The van der Waals surface area contributed by atoms with Crippen LogP contribution in [0.1, 0.15) is 10.4 Å². The minimum Gasteiger partial charge on any atom is -0.452 e. The average molecular weight is 338 g/mol. The average Bonchev–Trinajstić information content (AvgIpc) is 2.52. The van der Waals surface area contributed by atoms with Crippen LogP contribution >= 0.6 is 23.2 Å². The van der Waals surface area contributed by atoms with Gasteiger partial charge >= 0.3 is 5.97 Å². The summed E-state index contributed by atoms with van der Waals surface area (Å²) in [5.41, 5.74) is 0.884. The molecule has 0 bridgehead atoms. The third kappa shape index (κ3) is 4.00. The van der Waals surface area contributed by atoms with Crippen LogP contribution in [0.4, 0.5) is 5.69 Å². The second kappa shape index (κ2) is 7.29. The number of hydrogen-bond acceptors (Lipinski definition) is 3. The first-order chi connectivity index (χ1) is 10.5. The Morgan fingerprint density at radius 2 is 1.77 bits per heavy atom. The lowest BCUT2D eigenvalue weighted by molar-refractivity contribution is -0.121. The van der Waals surface area contributed by atoms with Gasteiger partial charge in [-0.3, -0.25) is 4.79 Å². The Bertz CT molecular complexity index is 689. The highest BCUT2D eigenvalue weighted by molar-refractivity contribution is 6.36. The van der Waals surface area contributed by atoms with Crippen LogP contribution in [0.2, 0.25) is 10.0 Å². The third-order valence-electron chi connectivity index (χ3n) is 3.00. The van der Waals surface area contributed by atoms with E-state index in [9.17, 15) is 9.59 Å². The molecule has 0 aliphatic rings. The number of para-hydroxylation sites is 1. The maximum Gasteiger partial charge on any atom is 0.340 e. The Morgan fingerprint density at radius 3 is 2.41 bits per heavy atom. The van der Waals surface area contributed by atoms with Gasteiger partial charge in [0.05, 0.1) is 10.6 Å². The summed E-state index contributed by atoms with van der Waals surface area (Å²) in [5.74, 6) is -1.01. The molecule has 0 saturated heterocycles. The normalized spacial score (nSPS) is 10.1. The van der Waals surface area contributed by atoms with Crippen LogP contribution in [0, 0.1) is 0 Å². The largest absolute Gasteiger partial charge is 0.452 e. The first-order valence-corrected chi connectivity index (χ1v) is 7.18. The number of hydrogen-bond donors (Lipinski definition) is 0. The van der Waals surface area contributed by atoms with Crippen LogP contribution in [-0.2, 0) is 9.53 Å². The molecule has 0 N–H and O–H groups in total. The number of carbonyl (C=O) groups excluding carboxylic acids is 2. The quantitative estimate of drug-likeness (QED) is 0.797. The number of carbonyl (C=O) groups is 2. The molecular weight excluding hydrogens is 325 g/mol. The Morgan fingerprint density at radius 1 is 1.09 bits per heavy atom. The highest BCUT2D eigenvalue weighted by Gasteiger charge is 2.16. The molecule has 0 aliphatic heterocycles. The van der Waals surface area contributed by atoms with E-state index in [2.05, 4.69) is 0 Å². The second-order valence-corrected chi connectivity index (χ2v) is 5.33. The van der Waals surface area contributed by atoms with E-state index in [0.717, 1.165) is 0 Å². The molecule has 4 nitrogen and oxygen atoms in total. The van der Waals surface area contributed by atoms with E-state index < -0.39 is 5.97 Å². The summed E-state index contributed by atoms with van der Waals surface area (Å²) in [7, 11) is 1.61. The van der Waals surface area contributed by atoms with Crippen molar-refractivity contribution in [1.82, 2.24) is 0 Å². The summed E-state index contributed by atoms with van der Waals surface area (Å²) in [4.78, 5) is 25.3. The second-order valence-electron chi connectivity index (χ2n) is 4.49. The van der Waals surface area contributed by atoms with E-state index in [1.54, 1.807) is 19.2 Å². The van der Waals surface area contributed by atoms with Crippen molar-refractivity contribution >= 4 is 40.8 Å². The van der Waals surface area contributed by atoms with Crippen LogP contribution in [0.3, 0.4) is 0 Å². The Kier molecular flexibility index (Phi) is 5.41. The van der Waals surface area contributed by atoms with Crippen LogP contribution in [0.25, 0.3) is 0 Å². The molecule has 2 aromatic carbocycles. The maximum absolute atomic E-state index is 12.0. The first kappa shape index (κ1) is 16.3. The Balaban J connectivity index is 1.97. The van der Waals surface area contributed by atoms with Crippen LogP contribution in [-0.4, -0.2) is 25.5 Å². The standard InChI is InChI=1S/C16H13Cl2NO3/c1-19(12-5-3-2-4-6-12)15(20)10-22-16(21)13-8-7-11(17)9-14(13)18/h2-9H,10H2,1H3. The number of nitrogens with zero attached hydrogens (tertiary/aromatic N) is 1. The van der Waals surface area contributed by atoms with E-state index in [-0.39, 0.29) is 23.1 Å². The number of likely N-dealkylation sites (N-methyl/N-ethyl adjacent to an activating group) is 1. The SMILES string of the molecule is CN(C(=O)COC(=O)c1ccc(Cl)cc1Cl)c1ccccc1. The summed E-state index contributed by atoms with van der Waals surface area (Å²) >= 11 is 11.7. The molecular formula is C16H13Cl2NO3. The highest BCUT2D eigenvalue weighted by atomic mass is 35.5. The van der Waals surface area contributed by atoms with Gasteiger partial charge in [-0.25, -0.2) is 4.79 Å². The van der Waals surface area contributed by atoms with Gasteiger partial charge in [0.25, 0.3) is 5.91 Å². The lowest BCUT2D eigenvalue weighted by atomic mass is 10.2. The van der Waals surface area contributed by atoms with Crippen molar-refractivity contribution in [2.75, 3.05) is 18.6 Å². The molecule has 2 aromatic rings. The third-order valence-corrected chi connectivity index (χ3v) is 3.54. The predicted molar refractivity (Wildman–Crippen MR) is 86.6 cm³/mol. The Hall–Kier alpha value is -2.04. The van der Waals surface area contributed by atoms with Gasteiger partial charge in [0.2, 0.25) is 0 Å². The number of benzene rings is 2. The lowest BCUT2D eigenvalue weighted by Crippen LogP contribution is -2.31. The molecule has 0 aliphatic carbocycles. The zero-order chi connectivity index (χ0) is 16.1. The van der Waals surface area contributed by atoms with Crippen LogP contribution in [0.15, 0.2) is 48.5 Å². The number of halogens is 2. The fraction of sp³-hybridized carbons (Fsp3) is 0.125. The molecule has 0 unspecified atom stereocenters. The van der Waals surface area contributed by atoms with E-state index >= 15 is 0 Å². The fourth-order valence-electron chi connectivity index (χ4n) is 1.75. The molecule has 2 rings (SSSR count). The van der Waals surface area contributed by atoms with E-state index in [1.165, 1.54) is 23.1 Å². The van der Waals surface area contributed by atoms with Crippen molar-refractivity contribution in [1.29, 1.82) is 0 Å². The van der Waals surface area contributed by atoms with Crippen LogP contribution in [0.5, 0.6) is 0 Å². The molecule has 0 spiro atoms. The van der Waals surface area contributed by atoms with E-state index in [4.69, 9.17) is 27.9 Å². The number of anilines is 1. The lowest BCUT2D eigenvalue weighted by Gasteiger charge is -2.17. The van der Waals surface area contributed by atoms with Crippen molar-refractivity contribution in [2.45, 2.75) is 0 Å². The molecule has 0 heterocycles. The molecule has 0 fully saturated rings. The van der Waals surface area contributed by atoms with Gasteiger partial charge in [0.1, 0.15) is 0 Å². The molecule has 0 aromatic heterocycles. The molecule has 22 heavy (non-hydrogen) atoms. The summed E-state index contributed by atoms with van der Waals surface area (Å²) < 4.78 is 5.00. The number of esters is 1. The minimum atomic E-state index is -0.670. The Labute approximate surface area is 138 Å². The summed E-state index contributed by atoms with van der Waals surface area (Å²) in [6, 6.07) is 13.5. The number of amides is 1. The van der Waals surface area contributed by atoms with Crippen molar-refractivity contribution in [2.24, 2.45) is 0 Å². The van der Waals surface area contributed by atoms with Gasteiger partial charge in [-0.05, 0) is 30.3 Å². The van der Waals surface area contributed by atoms with Crippen molar-refractivity contribution in [3.05, 3.63) is 64.1 Å². The molecule has 0 atom stereocenters. The first-order valence-electron chi connectivity index (χ1n) is 6.43. The fourth-order valence-corrected chi connectivity index (χ4v) is 2.24. The molecule has 0 saturated carbocycles. The number of ether oxygens (including phenoxy) is 1. The summed E-state index contributed by atoms with van der Waals surface area (Å²) in [6.07, 6.45) is 0. The van der Waals surface area contributed by atoms with Gasteiger partial charge in [0.15, 0.2) is 6.61 Å². The van der Waals surface area contributed by atoms with Gasteiger partial charge in [0, 0.05) is 17.8 Å². The van der Waals surface area contributed by atoms with Crippen molar-refractivity contribution in [3.8, 4) is 0 Å². The summed E-state index contributed by atoms with van der Waals surface area (Å²) in [5, 5.41) is 0.600.